The van der Waals surface area contributed by atoms with Crippen molar-refractivity contribution in [2.75, 3.05) is 0 Å². The third-order valence-corrected chi connectivity index (χ3v) is 2.97. The van der Waals surface area contributed by atoms with Gasteiger partial charge < -0.3 is 0 Å². The smallest absolute Gasteiger partial charge is 0.266 e. The van der Waals surface area contributed by atoms with E-state index in [0.717, 1.165) is 4.68 Å². The molecular formula is C11H7Cl2FN2O. The third-order valence-electron chi connectivity index (χ3n) is 2.22. The molecule has 0 N–H and O–H groups in total. The molecular weight excluding hydrogens is 266 g/mol. The predicted molar refractivity (Wildman–Crippen MR) is 64.0 cm³/mol. The molecule has 1 heterocycles. The first kappa shape index (κ1) is 12.1. The van der Waals surface area contributed by atoms with Gasteiger partial charge in [0.15, 0.2) is 0 Å². The lowest BCUT2D eigenvalue weighted by Gasteiger charge is -2.06. The maximum Gasteiger partial charge on any atom is 0.287 e. The van der Waals surface area contributed by atoms with E-state index in [9.17, 15) is 9.18 Å². The van der Waals surface area contributed by atoms with Gasteiger partial charge in [0.1, 0.15) is 10.8 Å². The van der Waals surface area contributed by atoms with E-state index < -0.39 is 11.4 Å². The number of hydrogen-bond acceptors (Lipinski definition) is 2. The largest absolute Gasteiger partial charge is 0.287 e. The number of rotatable bonds is 2. The van der Waals surface area contributed by atoms with Crippen molar-refractivity contribution in [1.82, 2.24) is 9.78 Å². The molecule has 0 aliphatic carbocycles. The van der Waals surface area contributed by atoms with Crippen molar-refractivity contribution in [2.45, 2.75) is 6.54 Å². The quantitative estimate of drug-likeness (QED) is 0.843. The summed E-state index contributed by atoms with van der Waals surface area (Å²) < 4.78 is 14.4. The molecule has 0 amide bonds. The fourth-order valence-electron chi connectivity index (χ4n) is 1.35. The van der Waals surface area contributed by atoms with E-state index in [1.807, 2.05) is 0 Å². The van der Waals surface area contributed by atoms with Gasteiger partial charge in [-0.1, -0.05) is 41.4 Å². The Kier molecular flexibility index (Phi) is 3.45. The molecule has 0 aliphatic rings. The van der Waals surface area contributed by atoms with Crippen molar-refractivity contribution in [3.8, 4) is 0 Å². The number of nitrogens with zero attached hydrogens (tertiary/aromatic N) is 2. The topological polar surface area (TPSA) is 34.9 Å². The van der Waals surface area contributed by atoms with E-state index >= 15 is 0 Å². The summed E-state index contributed by atoms with van der Waals surface area (Å²) in [7, 11) is 0. The van der Waals surface area contributed by atoms with Crippen LogP contribution in [0.15, 0.2) is 35.3 Å². The normalized spacial score (nSPS) is 10.5. The second kappa shape index (κ2) is 4.85. The van der Waals surface area contributed by atoms with Gasteiger partial charge in [0.25, 0.3) is 5.56 Å². The SMILES string of the molecule is O=c1c(Cl)c(Cl)cnn1Cc1ccccc1F. The Balaban J connectivity index is 2.41. The molecule has 0 atom stereocenters. The van der Waals surface area contributed by atoms with Gasteiger partial charge >= 0.3 is 0 Å². The first-order valence-corrected chi connectivity index (χ1v) is 5.49. The summed E-state index contributed by atoms with van der Waals surface area (Å²) >= 11 is 11.3. The lowest BCUT2D eigenvalue weighted by Crippen LogP contribution is -2.24. The molecule has 0 saturated heterocycles. The van der Waals surface area contributed by atoms with E-state index in [0.29, 0.717) is 5.56 Å². The number of halogens is 3. The molecule has 0 unspecified atom stereocenters. The van der Waals surface area contributed by atoms with Crippen LogP contribution in [-0.2, 0) is 6.54 Å². The highest BCUT2D eigenvalue weighted by Crippen LogP contribution is 2.15. The van der Waals surface area contributed by atoms with Crippen molar-refractivity contribution in [1.29, 1.82) is 0 Å². The van der Waals surface area contributed by atoms with Gasteiger partial charge in [0, 0.05) is 5.56 Å². The number of benzene rings is 1. The van der Waals surface area contributed by atoms with Crippen LogP contribution in [0, 0.1) is 5.82 Å². The average Bonchev–Trinajstić information content (AvgIpc) is 2.32. The molecule has 3 nitrogen and oxygen atoms in total. The minimum Gasteiger partial charge on any atom is -0.266 e. The zero-order valence-electron chi connectivity index (χ0n) is 8.53. The van der Waals surface area contributed by atoms with E-state index in [2.05, 4.69) is 5.10 Å². The van der Waals surface area contributed by atoms with Crippen molar-refractivity contribution in [2.24, 2.45) is 0 Å². The van der Waals surface area contributed by atoms with Crippen LogP contribution in [0.2, 0.25) is 10.0 Å². The Labute approximate surface area is 106 Å². The van der Waals surface area contributed by atoms with Gasteiger partial charge in [-0.3, -0.25) is 4.79 Å². The lowest BCUT2D eigenvalue weighted by molar-refractivity contribution is 0.572. The third kappa shape index (κ3) is 2.48. The minimum absolute atomic E-state index is 0.0163. The van der Waals surface area contributed by atoms with Gasteiger partial charge in [-0.2, -0.15) is 5.10 Å². The Morgan fingerprint density at radius 1 is 1.29 bits per heavy atom. The predicted octanol–water partition coefficient (Wildman–Crippen LogP) is 2.74. The Bertz CT molecular complexity index is 613. The highest BCUT2D eigenvalue weighted by atomic mass is 35.5. The number of aromatic nitrogens is 2. The summed E-state index contributed by atoms with van der Waals surface area (Å²) in [6.45, 7) is 0.0163. The Morgan fingerprint density at radius 3 is 2.71 bits per heavy atom. The van der Waals surface area contributed by atoms with Crippen LogP contribution < -0.4 is 5.56 Å². The molecule has 0 spiro atoms. The van der Waals surface area contributed by atoms with Crippen LogP contribution >= 0.6 is 23.2 Å². The molecule has 0 aliphatic heterocycles. The molecule has 17 heavy (non-hydrogen) atoms. The molecule has 1 aromatic heterocycles. The van der Waals surface area contributed by atoms with Crippen molar-refractivity contribution < 1.29 is 4.39 Å². The lowest BCUT2D eigenvalue weighted by atomic mass is 10.2. The summed E-state index contributed by atoms with van der Waals surface area (Å²) in [5.41, 5.74) is -0.178. The van der Waals surface area contributed by atoms with E-state index in [-0.39, 0.29) is 16.6 Å². The fourth-order valence-corrected chi connectivity index (χ4v) is 1.62. The van der Waals surface area contributed by atoms with E-state index in [4.69, 9.17) is 23.2 Å². The monoisotopic (exact) mass is 272 g/mol. The summed E-state index contributed by atoms with van der Waals surface area (Å²) in [6.07, 6.45) is 1.26. The van der Waals surface area contributed by atoms with Crippen LogP contribution in [0.4, 0.5) is 4.39 Å². The summed E-state index contributed by atoms with van der Waals surface area (Å²) in [6, 6.07) is 6.15. The molecule has 0 radical (unpaired) electrons. The second-order valence-corrected chi connectivity index (χ2v) is 4.15. The van der Waals surface area contributed by atoms with Crippen LogP contribution in [0.1, 0.15) is 5.56 Å². The zero-order chi connectivity index (χ0) is 12.4. The van der Waals surface area contributed by atoms with Gasteiger partial charge in [0.05, 0.1) is 17.8 Å². The number of hydrogen-bond donors (Lipinski definition) is 0. The molecule has 0 saturated carbocycles. The standard InChI is InChI=1S/C11H7Cl2FN2O/c12-8-5-15-16(11(17)10(8)13)6-7-3-1-2-4-9(7)14/h1-5H,6H2. The van der Waals surface area contributed by atoms with Gasteiger partial charge in [0.2, 0.25) is 0 Å². The van der Waals surface area contributed by atoms with Crippen molar-refractivity contribution in [3.05, 3.63) is 62.2 Å². The fraction of sp³-hybridized carbons (Fsp3) is 0.0909. The maximum absolute atomic E-state index is 13.4. The van der Waals surface area contributed by atoms with Gasteiger partial charge in [-0.05, 0) is 6.07 Å². The summed E-state index contributed by atoms with van der Waals surface area (Å²) in [5, 5.41) is 3.77. The molecule has 2 rings (SSSR count). The van der Waals surface area contributed by atoms with Gasteiger partial charge in [-0.15, -0.1) is 0 Å². The second-order valence-electron chi connectivity index (χ2n) is 3.36. The van der Waals surface area contributed by atoms with E-state index in [1.165, 1.54) is 12.3 Å². The average molecular weight is 273 g/mol. The van der Waals surface area contributed by atoms with Crippen LogP contribution in [0.25, 0.3) is 0 Å². The highest BCUT2D eigenvalue weighted by molar-refractivity contribution is 6.41. The molecule has 2 aromatic rings. The molecule has 88 valence electrons. The summed E-state index contributed by atoms with van der Waals surface area (Å²) in [4.78, 5) is 11.7. The Morgan fingerprint density at radius 2 is 2.00 bits per heavy atom. The molecule has 0 fully saturated rings. The summed E-state index contributed by atoms with van der Waals surface area (Å²) in [5.74, 6) is -0.396. The minimum atomic E-state index is -0.539. The van der Waals surface area contributed by atoms with Crippen LogP contribution in [-0.4, -0.2) is 9.78 Å². The highest BCUT2D eigenvalue weighted by Gasteiger charge is 2.09. The van der Waals surface area contributed by atoms with Gasteiger partial charge in [-0.25, -0.2) is 9.07 Å². The van der Waals surface area contributed by atoms with Crippen LogP contribution in [0.3, 0.4) is 0 Å². The zero-order valence-corrected chi connectivity index (χ0v) is 10.0. The maximum atomic E-state index is 13.4. The van der Waals surface area contributed by atoms with E-state index in [1.54, 1.807) is 18.2 Å². The van der Waals surface area contributed by atoms with Crippen molar-refractivity contribution >= 4 is 23.2 Å². The molecule has 1 aromatic carbocycles. The molecule has 0 bridgehead atoms. The molecule has 6 heteroatoms. The van der Waals surface area contributed by atoms with Crippen molar-refractivity contribution in [3.63, 3.8) is 0 Å². The first-order valence-electron chi connectivity index (χ1n) is 4.74. The van der Waals surface area contributed by atoms with Crippen LogP contribution in [0.5, 0.6) is 0 Å². The first-order chi connectivity index (χ1) is 8.09. The Hall–Kier alpha value is -1.39.